The van der Waals surface area contributed by atoms with Crippen molar-refractivity contribution in [1.29, 1.82) is 0 Å². The lowest BCUT2D eigenvalue weighted by atomic mass is 10.1. The molecule has 0 bridgehead atoms. The van der Waals surface area contributed by atoms with Crippen LogP contribution in [0.3, 0.4) is 0 Å². The van der Waals surface area contributed by atoms with Gasteiger partial charge in [-0.05, 0) is 49.6 Å². The summed E-state index contributed by atoms with van der Waals surface area (Å²) in [4.78, 5) is 28.1. The van der Waals surface area contributed by atoms with Gasteiger partial charge in [-0.3, -0.25) is 13.9 Å². The first-order valence-corrected chi connectivity index (χ1v) is 14.5. The number of ether oxygens (including phenoxy) is 2. The highest BCUT2D eigenvalue weighted by Gasteiger charge is 2.33. The Labute approximate surface area is 236 Å². The normalized spacial score (nSPS) is 11.8. The summed E-state index contributed by atoms with van der Waals surface area (Å²) in [5, 5.41) is 2.63. The molecule has 1 N–H and O–H groups in total. The van der Waals surface area contributed by atoms with Crippen LogP contribution in [0.1, 0.15) is 24.5 Å². The van der Waals surface area contributed by atoms with E-state index in [0.717, 1.165) is 15.4 Å². The predicted octanol–water partition coefficient (Wildman–Crippen LogP) is 3.80. The molecule has 0 fully saturated rings. The highest BCUT2D eigenvalue weighted by atomic mass is 32.2. The molecule has 1 atom stereocenters. The van der Waals surface area contributed by atoms with Crippen molar-refractivity contribution in [2.45, 2.75) is 37.6 Å². The second kappa shape index (κ2) is 13.8. The van der Waals surface area contributed by atoms with Crippen LogP contribution in [0.2, 0.25) is 0 Å². The number of nitrogens with zero attached hydrogens (tertiary/aromatic N) is 2. The monoisotopic (exact) mass is 567 g/mol. The maximum Gasteiger partial charge on any atom is 0.264 e. The van der Waals surface area contributed by atoms with E-state index in [1.54, 1.807) is 24.3 Å². The number of benzene rings is 3. The molecule has 0 spiro atoms. The zero-order valence-electron chi connectivity index (χ0n) is 23.6. The number of amides is 2. The predicted molar refractivity (Wildman–Crippen MR) is 155 cm³/mol. The lowest BCUT2D eigenvalue weighted by Gasteiger charge is -2.33. The third-order valence-corrected chi connectivity index (χ3v) is 8.43. The molecule has 2 amide bonds. The standard InChI is InChI=1S/C30H37N3O6S/c1-6-26(30(35)31-3)32(19-18-23-10-8-7-9-11-23)29(34)21-33(24-14-12-22(2)13-15-24)40(36,37)25-16-17-27(38-4)28(20-25)39-5/h7-17,20,26H,6,18-19,21H2,1-5H3,(H,31,35)/t26-/m0/s1. The number of methoxy groups -OCH3 is 2. The fourth-order valence-corrected chi connectivity index (χ4v) is 5.84. The zero-order chi connectivity index (χ0) is 29.3. The number of rotatable bonds is 13. The highest BCUT2D eigenvalue weighted by Crippen LogP contribution is 2.32. The number of aryl methyl sites for hydroxylation is 1. The van der Waals surface area contributed by atoms with Crippen molar-refractivity contribution >= 4 is 27.5 Å². The molecule has 0 unspecified atom stereocenters. The second-order valence-electron chi connectivity index (χ2n) is 9.23. The van der Waals surface area contributed by atoms with E-state index in [0.29, 0.717) is 24.3 Å². The van der Waals surface area contributed by atoms with E-state index in [1.807, 2.05) is 44.2 Å². The Morgan fingerprint density at radius 1 is 0.925 bits per heavy atom. The van der Waals surface area contributed by atoms with Gasteiger partial charge in [0, 0.05) is 19.7 Å². The van der Waals surface area contributed by atoms with E-state index in [2.05, 4.69) is 5.32 Å². The summed E-state index contributed by atoms with van der Waals surface area (Å²) in [6.45, 7) is 3.46. The molecule has 0 saturated heterocycles. The van der Waals surface area contributed by atoms with E-state index < -0.39 is 28.5 Å². The fourth-order valence-electron chi connectivity index (χ4n) is 4.41. The molecule has 0 aliphatic rings. The van der Waals surface area contributed by atoms with Gasteiger partial charge in [0.05, 0.1) is 24.8 Å². The number of hydrogen-bond acceptors (Lipinski definition) is 6. The van der Waals surface area contributed by atoms with Crippen molar-refractivity contribution in [3.63, 3.8) is 0 Å². The van der Waals surface area contributed by atoms with Crippen molar-refractivity contribution in [2.24, 2.45) is 0 Å². The molecule has 10 heteroatoms. The topological polar surface area (TPSA) is 105 Å². The summed E-state index contributed by atoms with van der Waals surface area (Å²) in [6, 6.07) is 20.0. The van der Waals surface area contributed by atoms with E-state index in [1.165, 1.54) is 44.4 Å². The van der Waals surface area contributed by atoms with Gasteiger partial charge in [0.2, 0.25) is 11.8 Å². The molecule has 0 saturated carbocycles. The van der Waals surface area contributed by atoms with Crippen LogP contribution in [0.25, 0.3) is 0 Å². The summed E-state index contributed by atoms with van der Waals surface area (Å²) in [5.41, 5.74) is 2.26. The number of nitrogens with one attached hydrogen (secondary N) is 1. The first-order valence-electron chi connectivity index (χ1n) is 13.0. The van der Waals surface area contributed by atoms with E-state index in [-0.39, 0.29) is 23.1 Å². The van der Waals surface area contributed by atoms with E-state index in [9.17, 15) is 18.0 Å². The van der Waals surface area contributed by atoms with Crippen LogP contribution < -0.4 is 19.1 Å². The molecular weight excluding hydrogens is 530 g/mol. The Morgan fingerprint density at radius 2 is 1.57 bits per heavy atom. The molecule has 0 aromatic heterocycles. The first kappa shape index (κ1) is 30.5. The van der Waals surface area contributed by atoms with Crippen molar-refractivity contribution in [2.75, 3.05) is 38.7 Å². The molecule has 3 rings (SSSR count). The van der Waals surface area contributed by atoms with Gasteiger partial charge in [-0.1, -0.05) is 55.0 Å². The number of anilines is 1. The Morgan fingerprint density at radius 3 is 2.15 bits per heavy atom. The summed E-state index contributed by atoms with van der Waals surface area (Å²) in [6.07, 6.45) is 0.875. The van der Waals surface area contributed by atoms with Gasteiger partial charge in [0.15, 0.2) is 11.5 Å². The van der Waals surface area contributed by atoms with Gasteiger partial charge in [0.25, 0.3) is 10.0 Å². The maximum atomic E-state index is 14.0. The molecule has 0 aliphatic carbocycles. The zero-order valence-corrected chi connectivity index (χ0v) is 24.4. The molecule has 0 heterocycles. The summed E-state index contributed by atoms with van der Waals surface area (Å²) in [5.74, 6) is -0.179. The van der Waals surface area contributed by atoms with Gasteiger partial charge < -0.3 is 19.7 Å². The molecule has 3 aromatic rings. The quantitative estimate of drug-likeness (QED) is 0.337. The largest absolute Gasteiger partial charge is 0.493 e. The number of hydrogen-bond donors (Lipinski definition) is 1. The molecule has 0 radical (unpaired) electrons. The highest BCUT2D eigenvalue weighted by molar-refractivity contribution is 7.92. The van der Waals surface area contributed by atoms with Gasteiger partial charge >= 0.3 is 0 Å². The van der Waals surface area contributed by atoms with E-state index >= 15 is 0 Å². The van der Waals surface area contributed by atoms with E-state index in [4.69, 9.17) is 9.47 Å². The smallest absolute Gasteiger partial charge is 0.264 e. The summed E-state index contributed by atoms with van der Waals surface area (Å²) >= 11 is 0. The van der Waals surface area contributed by atoms with Crippen LogP contribution in [0.5, 0.6) is 11.5 Å². The van der Waals surface area contributed by atoms with Gasteiger partial charge in [-0.2, -0.15) is 0 Å². The average molecular weight is 568 g/mol. The van der Waals surface area contributed by atoms with Gasteiger partial charge in [0.1, 0.15) is 12.6 Å². The third-order valence-electron chi connectivity index (χ3n) is 6.66. The Kier molecular flexibility index (Phi) is 10.6. The fraction of sp³-hybridized carbons (Fsp3) is 0.333. The SMILES string of the molecule is CC[C@@H](C(=O)NC)N(CCc1ccccc1)C(=O)CN(c1ccc(C)cc1)S(=O)(=O)c1ccc(OC)c(OC)c1. The molecule has 9 nitrogen and oxygen atoms in total. The lowest BCUT2D eigenvalue weighted by Crippen LogP contribution is -2.52. The molecule has 214 valence electrons. The summed E-state index contributed by atoms with van der Waals surface area (Å²) in [7, 11) is 0.173. The number of carbonyl (C=O) groups excluding carboxylic acids is 2. The van der Waals surface area contributed by atoms with Crippen LogP contribution in [0.4, 0.5) is 5.69 Å². The van der Waals surface area contributed by atoms with Crippen LogP contribution in [-0.2, 0) is 26.0 Å². The average Bonchev–Trinajstić information content (AvgIpc) is 2.98. The number of likely N-dealkylation sites (N-methyl/N-ethyl adjacent to an activating group) is 1. The van der Waals surface area contributed by atoms with Crippen LogP contribution in [0.15, 0.2) is 77.7 Å². The second-order valence-corrected chi connectivity index (χ2v) is 11.1. The van der Waals surface area contributed by atoms with Crippen molar-refractivity contribution in [1.82, 2.24) is 10.2 Å². The van der Waals surface area contributed by atoms with Gasteiger partial charge in [-0.15, -0.1) is 0 Å². The van der Waals surface area contributed by atoms with Crippen molar-refractivity contribution in [3.05, 3.63) is 83.9 Å². The molecular formula is C30H37N3O6S. The van der Waals surface area contributed by atoms with Crippen LogP contribution >= 0.6 is 0 Å². The van der Waals surface area contributed by atoms with Gasteiger partial charge in [-0.25, -0.2) is 8.42 Å². The molecule has 0 aliphatic heterocycles. The maximum absolute atomic E-state index is 14.0. The van der Waals surface area contributed by atoms with Crippen LogP contribution in [0, 0.1) is 6.92 Å². The molecule has 40 heavy (non-hydrogen) atoms. The minimum absolute atomic E-state index is 0.0623. The van der Waals surface area contributed by atoms with Crippen molar-refractivity contribution in [3.8, 4) is 11.5 Å². The number of sulfonamides is 1. The minimum atomic E-state index is -4.23. The Balaban J connectivity index is 2.04. The first-order chi connectivity index (χ1) is 19.2. The van der Waals surface area contributed by atoms with Crippen molar-refractivity contribution < 1.29 is 27.5 Å². The minimum Gasteiger partial charge on any atom is -0.493 e. The summed E-state index contributed by atoms with van der Waals surface area (Å²) < 4.78 is 39.7. The lowest BCUT2D eigenvalue weighted by molar-refractivity contribution is -0.139. The Hall–Kier alpha value is -4.05. The Bertz CT molecular complexity index is 1390. The number of carbonyl (C=O) groups is 2. The molecule has 3 aromatic carbocycles. The third kappa shape index (κ3) is 7.12. The van der Waals surface area contributed by atoms with Crippen LogP contribution in [-0.4, -0.2) is 65.5 Å².